The number of hydrogen-bond acceptors (Lipinski definition) is 4. The third kappa shape index (κ3) is 3.16. The van der Waals surface area contributed by atoms with Crippen molar-refractivity contribution in [3.05, 3.63) is 44.8 Å². The second kappa shape index (κ2) is 6.31. The van der Waals surface area contributed by atoms with Crippen molar-refractivity contribution in [1.29, 1.82) is 0 Å². The molecule has 0 spiro atoms. The molecule has 0 radical (unpaired) electrons. The van der Waals surface area contributed by atoms with Crippen molar-refractivity contribution in [2.75, 3.05) is 13.1 Å². The molecule has 17 heavy (non-hydrogen) atoms. The van der Waals surface area contributed by atoms with Gasteiger partial charge in [0.1, 0.15) is 0 Å². The molecule has 0 saturated heterocycles. The highest BCUT2D eigenvalue weighted by atomic mass is 32.1. The largest absolute Gasteiger partial charge is 0.329 e. The molecule has 2 N–H and O–H groups in total. The minimum Gasteiger partial charge on any atom is -0.329 e. The summed E-state index contributed by atoms with van der Waals surface area (Å²) < 4.78 is 0. The predicted molar refractivity (Wildman–Crippen MR) is 76.5 cm³/mol. The van der Waals surface area contributed by atoms with E-state index in [9.17, 15) is 0 Å². The van der Waals surface area contributed by atoms with Gasteiger partial charge in [-0.3, -0.25) is 4.90 Å². The van der Waals surface area contributed by atoms with Crippen LogP contribution in [0.2, 0.25) is 0 Å². The van der Waals surface area contributed by atoms with Gasteiger partial charge >= 0.3 is 0 Å². The molecule has 1 unspecified atom stereocenters. The molecule has 0 aromatic carbocycles. The first-order valence-electron chi connectivity index (χ1n) is 5.85. The zero-order valence-electron chi connectivity index (χ0n) is 10.0. The molecular formula is C13H18N2S2. The number of hydrogen-bond donors (Lipinski definition) is 1. The summed E-state index contributed by atoms with van der Waals surface area (Å²) in [7, 11) is 0. The molecule has 0 aliphatic carbocycles. The van der Waals surface area contributed by atoms with E-state index >= 15 is 0 Å². The fourth-order valence-corrected chi connectivity index (χ4v) is 3.57. The standard InChI is InChI=1S/C13H18N2S2/c1-2-15(10-11-5-3-7-16-11)12(9-14)13-6-4-8-17-13/h3-8,12H,2,9-10,14H2,1H3. The Labute approximate surface area is 111 Å². The van der Waals surface area contributed by atoms with Gasteiger partial charge < -0.3 is 5.73 Å². The molecule has 2 aromatic rings. The second-order valence-corrected chi connectivity index (χ2v) is 5.92. The van der Waals surface area contributed by atoms with Crippen molar-refractivity contribution in [3.63, 3.8) is 0 Å². The Balaban J connectivity index is 2.10. The quantitative estimate of drug-likeness (QED) is 0.869. The number of thiophene rings is 2. The van der Waals surface area contributed by atoms with E-state index in [1.165, 1.54) is 9.75 Å². The van der Waals surface area contributed by atoms with Crippen LogP contribution >= 0.6 is 22.7 Å². The van der Waals surface area contributed by atoms with Crippen molar-refractivity contribution >= 4 is 22.7 Å². The van der Waals surface area contributed by atoms with Gasteiger partial charge in [0.25, 0.3) is 0 Å². The first kappa shape index (κ1) is 12.8. The summed E-state index contributed by atoms with van der Waals surface area (Å²) in [5, 5.41) is 4.25. The fraction of sp³-hybridized carbons (Fsp3) is 0.385. The maximum Gasteiger partial charge on any atom is 0.0567 e. The minimum absolute atomic E-state index is 0.349. The first-order chi connectivity index (χ1) is 8.35. The Kier molecular flexibility index (Phi) is 4.74. The second-order valence-electron chi connectivity index (χ2n) is 3.91. The van der Waals surface area contributed by atoms with Crippen LogP contribution in [0.1, 0.15) is 22.7 Å². The van der Waals surface area contributed by atoms with E-state index in [0.29, 0.717) is 12.6 Å². The smallest absolute Gasteiger partial charge is 0.0567 e. The van der Waals surface area contributed by atoms with Crippen LogP contribution in [0.4, 0.5) is 0 Å². The molecule has 92 valence electrons. The molecule has 4 heteroatoms. The number of nitrogens with zero attached hydrogens (tertiary/aromatic N) is 1. The lowest BCUT2D eigenvalue weighted by molar-refractivity contribution is 0.208. The van der Waals surface area contributed by atoms with E-state index in [0.717, 1.165) is 13.1 Å². The maximum atomic E-state index is 5.94. The zero-order chi connectivity index (χ0) is 12.1. The lowest BCUT2D eigenvalue weighted by Crippen LogP contribution is -2.32. The van der Waals surface area contributed by atoms with Crippen molar-refractivity contribution in [2.45, 2.75) is 19.5 Å². The topological polar surface area (TPSA) is 29.3 Å². The third-order valence-corrected chi connectivity index (χ3v) is 4.72. The van der Waals surface area contributed by atoms with E-state index in [-0.39, 0.29) is 0 Å². The van der Waals surface area contributed by atoms with Gasteiger partial charge in [0.05, 0.1) is 6.04 Å². The summed E-state index contributed by atoms with van der Waals surface area (Å²) >= 11 is 3.61. The van der Waals surface area contributed by atoms with Gasteiger partial charge in [0, 0.05) is 22.8 Å². The van der Waals surface area contributed by atoms with Crippen LogP contribution in [0.5, 0.6) is 0 Å². The average molecular weight is 266 g/mol. The summed E-state index contributed by atoms with van der Waals surface area (Å²) in [4.78, 5) is 5.21. The van der Waals surface area contributed by atoms with Gasteiger partial charge in [0.2, 0.25) is 0 Å². The predicted octanol–water partition coefficient (Wildman–Crippen LogP) is 3.33. The van der Waals surface area contributed by atoms with Crippen LogP contribution in [-0.2, 0) is 6.54 Å². The van der Waals surface area contributed by atoms with Gasteiger partial charge in [0.15, 0.2) is 0 Å². The number of rotatable bonds is 6. The minimum atomic E-state index is 0.349. The van der Waals surface area contributed by atoms with Crippen molar-refractivity contribution in [2.24, 2.45) is 5.73 Å². The molecule has 0 fully saturated rings. The van der Waals surface area contributed by atoms with Gasteiger partial charge in [-0.2, -0.15) is 0 Å². The van der Waals surface area contributed by atoms with Crippen LogP contribution in [0.15, 0.2) is 35.0 Å². The van der Waals surface area contributed by atoms with Crippen LogP contribution in [-0.4, -0.2) is 18.0 Å². The molecule has 0 bridgehead atoms. The Morgan fingerprint density at radius 1 is 1.24 bits per heavy atom. The zero-order valence-corrected chi connectivity index (χ0v) is 11.6. The van der Waals surface area contributed by atoms with Crippen LogP contribution < -0.4 is 5.73 Å². The first-order valence-corrected chi connectivity index (χ1v) is 7.61. The third-order valence-electron chi connectivity index (χ3n) is 2.88. The van der Waals surface area contributed by atoms with Gasteiger partial charge in [-0.15, -0.1) is 22.7 Å². The van der Waals surface area contributed by atoms with Crippen molar-refractivity contribution < 1.29 is 0 Å². The SMILES string of the molecule is CCN(Cc1cccs1)C(CN)c1cccs1. The highest BCUT2D eigenvalue weighted by Gasteiger charge is 2.18. The molecule has 2 nitrogen and oxygen atoms in total. The molecule has 0 aliphatic rings. The Hall–Kier alpha value is -0.680. The Morgan fingerprint density at radius 3 is 2.53 bits per heavy atom. The molecule has 2 heterocycles. The summed E-state index contributed by atoms with van der Waals surface area (Å²) in [6.45, 7) is 4.90. The Bertz CT molecular complexity index is 409. The van der Waals surface area contributed by atoms with Crippen LogP contribution in [0.3, 0.4) is 0 Å². The molecule has 0 aliphatic heterocycles. The van der Waals surface area contributed by atoms with Crippen LogP contribution in [0, 0.1) is 0 Å². The lowest BCUT2D eigenvalue weighted by Gasteiger charge is -2.28. The molecule has 0 amide bonds. The van der Waals surface area contributed by atoms with Crippen molar-refractivity contribution in [3.8, 4) is 0 Å². The maximum absolute atomic E-state index is 5.94. The molecule has 0 saturated carbocycles. The summed E-state index contributed by atoms with van der Waals surface area (Å²) in [6.07, 6.45) is 0. The van der Waals surface area contributed by atoms with Crippen molar-refractivity contribution in [1.82, 2.24) is 4.90 Å². The lowest BCUT2D eigenvalue weighted by atomic mass is 10.2. The van der Waals surface area contributed by atoms with Gasteiger partial charge in [-0.25, -0.2) is 0 Å². The normalized spacial score (nSPS) is 13.1. The number of nitrogens with two attached hydrogens (primary N) is 1. The van der Waals surface area contributed by atoms with Crippen LogP contribution in [0.25, 0.3) is 0 Å². The highest BCUT2D eigenvalue weighted by molar-refractivity contribution is 7.10. The highest BCUT2D eigenvalue weighted by Crippen LogP contribution is 2.26. The average Bonchev–Trinajstić information content (AvgIpc) is 3.00. The van der Waals surface area contributed by atoms with Gasteiger partial charge in [-0.1, -0.05) is 19.1 Å². The summed E-state index contributed by atoms with van der Waals surface area (Å²) in [6, 6.07) is 8.93. The Morgan fingerprint density at radius 2 is 2.00 bits per heavy atom. The van der Waals surface area contributed by atoms with E-state index in [1.807, 2.05) is 11.3 Å². The van der Waals surface area contributed by atoms with E-state index in [2.05, 4.69) is 46.8 Å². The summed E-state index contributed by atoms with van der Waals surface area (Å²) in [5.74, 6) is 0. The van der Waals surface area contributed by atoms with Gasteiger partial charge in [-0.05, 0) is 29.4 Å². The molecular weight excluding hydrogens is 248 g/mol. The monoisotopic (exact) mass is 266 g/mol. The number of likely N-dealkylation sites (N-methyl/N-ethyl adjacent to an activating group) is 1. The fourth-order valence-electron chi connectivity index (χ4n) is 1.97. The van der Waals surface area contributed by atoms with E-state index < -0.39 is 0 Å². The van der Waals surface area contributed by atoms with E-state index in [4.69, 9.17) is 5.73 Å². The summed E-state index contributed by atoms with van der Waals surface area (Å²) in [5.41, 5.74) is 5.94. The molecule has 1 atom stereocenters. The van der Waals surface area contributed by atoms with E-state index in [1.54, 1.807) is 11.3 Å². The molecule has 2 aromatic heterocycles. The molecule has 2 rings (SSSR count).